The summed E-state index contributed by atoms with van der Waals surface area (Å²) in [6.07, 6.45) is 1.52. The minimum Gasteiger partial charge on any atom is -0.324 e. The van der Waals surface area contributed by atoms with Gasteiger partial charge in [0.25, 0.3) is 5.91 Å². The Morgan fingerprint density at radius 1 is 1.04 bits per heavy atom. The van der Waals surface area contributed by atoms with Crippen molar-refractivity contribution in [2.24, 2.45) is 0 Å². The van der Waals surface area contributed by atoms with E-state index in [4.69, 9.17) is 23.2 Å². The van der Waals surface area contributed by atoms with Crippen LogP contribution in [0.2, 0.25) is 10.0 Å². The standard InChI is InChI=1S/C19H16Cl2N4O/c1-11-9-12(2)17(15(21)10-11)25-18(26)16-7-8-22-19(24-16)23-14-5-3-13(20)4-6-14/h3-10H,1-2H3,(H,25,26)(H,22,23,24). The molecule has 1 heterocycles. The lowest BCUT2D eigenvalue weighted by atomic mass is 10.1. The molecule has 26 heavy (non-hydrogen) atoms. The SMILES string of the molecule is Cc1cc(C)c(NC(=O)c2ccnc(Nc3ccc(Cl)cc3)n2)c(Cl)c1. The molecule has 0 radical (unpaired) electrons. The molecule has 0 unspecified atom stereocenters. The third kappa shape index (κ3) is 4.31. The summed E-state index contributed by atoms with van der Waals surface area (Å²) >= 11 is 12.1. The van der Waals surface area contributed by atoms with E-state index in [0.29, 0.717) is 21.7 Å². The molecule has 7 heteroatoms. The van der Waals surface area contributed by atoms with Gasteiger partial charge in [0.05, 0.1) is 10.7 Å². The lowest BCUT2D eigenvalue weighted by molar-refractivity contribution is 0.102. The molecule has 3 aromatic rings. The van der Waals surface area contributed by atoms with Gasteiger partial charge in [0, 0.05) is 16.9 Å². The van der Waals surface area contributed by atoms with Gasteiger partial charge in [-0.25, -0.2) is 9.97 Å². The molecule has 1 amide bonds. The van der Waals surface area contributed by atoms with Crippen LogP contribution in [0.3, 0.4) is 0 Å². The van der Waals surface area contributed by atoms with Gasteiger partial charge in [0.1, 0.15) is 5.69 Å². The second-order valence-electron chi connectivity index (χ2n) is 5.79. The molecule has 2 aromatic carbocycles. The predicted molar refractivity (Wildman–Crippen MR) is 106 cm³/mol. The average molecular weight is 387 g/mol. The van der Waals surface area contributed by atoms with Crippen molar-refractivity contribution in [2.45, 2.75) is 13.8 Å². The first kappa shape index (κ1) is 18.2. The Morgan fingerprint density at radius 2 is 1.77 bits per heavy atom. The molecule has 0 aliphatic carbocycles. The zero-order valence-corrected chi connectivity index (χ0v) is 15.7. The molecule has 0 fully saturated rings. The highest BCUT2D eigenvalue weighted by molar-refractivity contribution is 6.34. The largest absolute Gasteiger partial charge is 0.324 e. The first-order valence-corrected chi connectivity index (χ1v) is 8.62. The number of aryl methyl sites for hydroxylation is 2. The van der Waals surface area contributed by atoms with Crippen molar-refractivity contribution in [3.8, 4) is 0 Å². The van der Waals surface area contributed by atoms with Crippen LogP contribution in [0.1, 0.15) is 21.6 Å². The van der Waals surface area contributed by atoms with Gasteiger partial charge in [-0.1, -0.05) is 29.3 Å². The van der Waals surface area contributed by atoms with E-state index >= 15 is 0 Å². The van der Waals surface area contributed by atoms with E-state index in [9.17, 15) is 4.79 Å². The number of carbonyl (C=O) groups is 1. The number of hydrogen-bond acceptors (Lipinski definition) is 4. The summed E-state index contributed by atoms with van der Waals surface area (Å²) in [7, 11) is 0. The summed E-state index contributed by atoms with van der Waals surface area (Å²) in [4.78, 5) is 20.9. The number of carbonyl (C=O) groups excluding carboxylic acids is 1. The zero-order valence-electron chi connectivity index (χ0n) is 14.2. The van der Waals surface area contributed by atoms with Crippen molar-refractivity contribution in [3.63, 3.8) is 0 Å². The Balaban J connectivity index is 1.79. The van der Waals surface area contributed by atoms with Crippen molar-refractivity contribution in [3.05, 3.63) is 75.5 Å². The molecule has 2 N–H and O–H groups in total. The van der Waals surface area contributed by atoms with E-state index in [-0.39, 0.29) is 11.6 Å². The van der Waals surface area contributed by atoms with Crippen LogP contribution >= 0.6 is 23.2 Å². The summed E-state index contributed by atoms with van der Waals surface area (Å²) in [5, 5.41) is 6.97. The van der Waals surface area contributed by atoms with Crippen LogP contribution < -0.4 is 10.6 Å². The Kier molecular flexibility index (Phi) is 5.40. The fourth-order valence-corrected chi connectivity index (χ4v) is 2.95. The maximum atomic E-state index is 12.5. The van der Waals surface area contributed by atoms with Gasteiger partial charge in [-0.15, -0.1) is 0 Å². The minimum absolute atomic E-state index is 0.229. The van der Waals surface area contributed by atoms with Gasteiger partial charge in [-0.3, -0.25) is 4.79 Å². The maximum Gasteiger partial charge on any atom is 0.274 e. The van der Waals surface area contributed by atoms with E-state index in [1.165, 1.54) is 6.20 Å². The number of amides is 1. The number of hydrogen-bond donors (Lipinski definition) is 2. The number of halogens is 2. The molecule has 1 aromatic heterocycles. The number of anilines is 3. The van der Waals surface area contributed by atoms with E-state index < -0.39 is 0 Å². The molecule has 0 saturated carbocycles. The molecule has 0 bridgehead atoms. The molecular formula is C19H16Cl2N4O. The first-order chi connectivity index (χ1) is 12.4. The lowest BCUT2D eigenvalue weighted by Gasteiger charge is -2.12. The van der Waals surface area contributed by atoms with Gasteiger partial charge >= 0.3 is 0 Å². The smallest absolute Gasteiger partial charge is 0.274 e. The summed E-state index contributed by atoms with van der Waals surface area (Å²) in [6, 6.07) is 12.4. The quantitative estimate of drug-likeness (QED) is 0.629. The summed E-state index contributed by atoms with van der Waals surface area (Å²) in [5.74, 6) is -0.0490. The fraction of sp³-hybridized carbons (Fsp3) is 0.105. The van der Waals surface area contributed by atoms with E-state index in [2.05, 4.69) is 20.6 Å². The van der Waals surface area contributed by atoms with Crippen molar-refractivity contribution in [2.75, 3.05) is 10.6 Å². The van der Waals surface area contributed by atoms with Gasteiger partial charge in [-0.05, 0) is 61.4 Å². The van der Waals surface area contributed by atoms with Crippen LogP contribution in [0.15, 0.2) is 48.7 Å². The Bertz CT molecular complexity index is 935. The first-order valence-electron chi connectivity index (χ1n) is 7.86. The number of benzene rings is 2. The second kappa shape index (κ2) is 7.72. The molecule has 0 aliphatic heterocycles. The van der Waals surface area contributed by atoms with E-state index in [1.807, 2.05) is 19.9 Å². The van der Waals surface area contributed by atoms with E-state index in [1.54, 1.807) is 36.4 Å². The molecule has 0 spiro atoms. The lowest BCUT2D eigenvalue weighted by Crippen LogP contribution is -2.16. The second-order valence-corrected chi connectivity index (χ2v) is 6.63. The summed E-state index contributed by atoms with van der Waals surface area (Å²) in [5.41, 5.74) is 3.49. The van der Waals surface area contributed by atoms with Crippen LogP contribution in [0.25, 0.3) is 0 Å². The highest BCUT2D eigenvalue weighted by Gasteiger charge is 2.13. The Morgan fingerprint density at radius 3 is 2.46 bits per heavy atom. The Labute approximate surface area is 161 Å². The minimum atomic E-state index is -0.361. The van der Waals surface area contributed by atoms with Gasteiger partial charge < -0.3 is 10.6 Å². The molecule has 5 nitrogen and oxygen atoms in total. The van der Waals surface area contributed by atoms with Crippen LogP contribution in [-0.2, 0) is 0 Å². The molecule has 0 aliphatic rings. The normalized spacial score (nSPS) is 10.5. The van der Waals surface area contributed by atoms with E-state index in [0.717, 1.165) is 16.8 Å². The molecular weight excluding hydrogens is 371 g/mol. The number of aromatic nitrogens is 2. The summed E-state index contributed by atoms with van der Waals surface area (Å²) < 4.78 is 0. The molecule has 132 valence electrons. The topological polar surface area (TPSA) is 66.9 Å². The molecule has 0 saturated heterocycles. The number of nitrogens with zero attached hydrogens (tertiary/aromatic N) is 2. The van der Waals surface area contributed by atoms with Crippen molar-refractivity contribution in [1.82, 2.24) is 9.97 Å². The third-order valence-electron chi connectivity index (χ3n) is 3.66. The van der Waals surface area contributed by atoms with Crippen molar-refractivity contribution in [1.29, 1.82) is 0 Å². The zero-order chi connectivity index (χ0) is 18.7. The maximum absolute atomic E-state index is 12.5. The van der Waals surface area contributed by atoms with Gasteiger partial charge in [0.15, 0.2) is 0 Å². The Hall–Kier alpha value is -2.63. The molecule has 0 atom stereocenters. The average Bonchev–Trinajstić information content (AvgIpc) is 2.60. The highest BCUT2D eigenvalue weighted by Crippen LogP contribution is 2.27. The highest BCUT2D eigenvalue weighted by atomic mass is 35.5. The van der Waals surface area contributed by atoms with Crippen LogP contribution in [0.5, 0.6) is 0 Å². The third-order valence-corrected chi connectivity index (χ3v) is 4.21. The van der Waals surface area contributed by atoms with Crippen molar-refractivity contribution >= 4 is 46.4 Å². The monoisotopic (exact) mass is 386 g/mol. The number of rotatable bonds is 4. The van der Waals surface area contributed by atoms with Crippen molar-refractivity contribution < 1.29 is 4.79 Å². The van der Waals surface area contributed by atoms with Crippen LogP contribution in [0, 0.1) is 13.8 Å². The summed E-state index contributed by atoms with van der Waals surface area (Å²) in [6.45, 7) is 3.84. The van der Waals surface area contributed by atoms with Crippen LogP contribution in [-0.4, -0.2) is 15.9 Å². The predicted octanol–water partition coefficient (Wildman–Crippen LogP) is 5.40. The van der Waals surface area contributed by atoms with Gasteiger partial charge in [-0.2, -0.15) is 0 Å². The van der Waals surface area contributed by atoms with Crippen LogP contribution in [0.4, 0.5) is 17.3 Å². The number of nitrogens with one attached hydrogen (secondary N) is 2. The molecule has 3 rings (SSSR count). The van der Waals surface area contributed by atoms with Gasteiger partial charge in [0.2, 0.25) is 5.95 Å². The fourth-order valence-electron chi connectivity index (χ4n) is 2.46.